The standard InChI is InChI=1S/C33H40O19/c1-10-19(37)23(41)26(44)31(47-10)46-9-17-21(39)25(43)30(52-32-27(45)24(42)20(38)11(2)48-32)33(50-17)51-29-22(40)18-15(36)7-14(35)8-16(18)49-28(29)12-3-5-13(34)6-4-12/h3-8,10-11,17,19-21,23-27,30-39,41-45H,9H2,1-2H3/t10-,11-,17-,19-,20-,21-,23+,24+,25+,26+,27+,30-,31+,32-,33+/m1/s1. The molecule has 0 aliphatic carbocycles. The summed E-state index contributed by atoms with van der Waals surface area (Å²) in [5, 5.41) is 115. The molecule has 0 saturated carbocycles. The fraction of sp³-hybridized carbons (Fsp3) is 0.545. The van der Waals surface area contributed by atoms with Crippen molar-refractivity contribution in [3.8, 4) is 34.3 Å². The van der Waals surface area contributed by atoms with Crippen molar-refractivity contribution in [2.24, 2.45) is 0 Å². The highest BCUT2D eigenvalue weighted by molar-refractivity contribution is 5.88. The van der Waals surface area contributed by atoms with E-state index in [0.717, 1.165) is 12.1 Å². The number of hydrogen-bond donors (Lipinski definition) is 11. The van der Waals surface area contributed by atoms with Gasteiger partial charge >= 0.3 is 0 Å². The molecule has 19 nitrogen and oxygen atoms in total. The zero-order chi connectivity index (χ0) is 37.8. The first-order valence-electron chi connectivity index (χ1n) is 16.2. The van der Waals surface area contributed by atoms with Crippen molar-refractivity contribution in [2.75, 3.05) is 6.61 Å². The SMILES string of the molecule is C[C@H]1O[C@H](OC[C@H]2O[C@@H](Oc3c(-c4ccc(O)cc4)oc4cc(O)cc(O)c4c3=O)[C@H](O[C@H]3O[C@H](C)[C@@H](O)[C@H](O)[C@@H]3O)[C@@H](O)[C@@H]2O)[C@@H](O)[C@@H](O)[C@@H]1O. The topological polar surface area (TPSA) is 308 Å². The van der Waals surface area contributed by atoms with Crippen LogP contribution in [0, 0.1) is 0 Å². The number of fused-ring (bicyclic) bond motifs is 1. The Bertz CT molecular complexity index is 1760. The van der Waals surface area contributed by atoms with Gasteiger partial charge in [0.05, 0.1) is 18.8 Å². The molecule has 0 unspecified atom stereocenters. The third-order valence-corrected chi connectivity index (χ3v) is 9.26. The number of aromatic hydroxyl groups is 3. The second kappa shape index (κ2) is 15.0. The molecule has 4 heterocycles. The molecule has 3 aromatic rings. The minimum atomic E-state index is -2.00. The van der Waals surface area contributed by atoms with Gasteiger partial charge in [-0.3, -0.25) is 4.79 Å². The van der Waals surface area contributed by atoms with Gasteiger partial charge in [0.15, 0.2) is 24.4 Å². The summed E-state index contributed by atoms with van der Waals surface area (Å²) in [5.74, 6) is -2.27. The molecule has 11 N–H and O–H groups in total. The van der Waals surface area contributed by atoms with Gasteiger partial charge in [-0.2, -0.15) is 0 Å². The lowest BCUT2D eigenvalue weighted by atomic mass is 9.97. The highest BCUT2D eigenvalue weighted by Crippen LogP contribution is 2.38. The second-order valence-corrected chi connectivity index (χ2v) is 12.9. The molecule has 52 heavy (non-hydrogen) atoms. The summed E-state index contributed by atoms with van der Waals surface area (Å²) < 4.78 is 40.3. The van der Waals surface area contributed by atoms with Crippen LogP contribution in [0.15, 0.2) is 45.6 Å². The number of aliphatic hydroxyl groups excluding tert-OH is 8. The van der Waals surface area contributed by atoms with Crippen molar-refractivity contribution in [1.82, 2.24) is 0 Å². The molecule has 3 saturated heterocycles. The summed E-state index contributed by atoms with van der Waals surface area (Å²) in [6.45, 7) is 2.12. The molecule has 1 aromatic heterocycles. The second-order valence-electron chi connectivity index (χ2n) is 12.9. The lowest BCUT2D eigenvalue weighted by Crippen LogP contribution is -2.65. The maximum Gasteiger partial charge on any atom is 0.239 e. The van der Waals surface area contributed by atoms with Crippen molar-refractivity contribution < 1.29 is 89.0 Å². The molecular formula is C33H40O19. The van der Waals surface area contributed by atoms with Crippen LogP contribution in [0.3, 0.4) is 0 Å². The largest absolute Gasteiger partial charge is 0.508 e. The van der Waals surface area contributed by atoms with Gasteiger partial charge in [-0.1, -0.05) is 0 Å². The van der Waals surface area contributed by atoms with E-state index >= 15 is 0 Å². The van der Waals surface area contributed by atoms with Gasteiger partial charge in [0, 0.05) is 17.7 Å². The summed E-state index contributed by atoms with van der Waals surface area (Å²) in [6.07, 6.45) is -24.7. The minimum absolute atomic E-state index is 0.138. The molecule has 286 valence electrons. The smallest absolute Gasteiger partial charge is 0.239 e. The van der Waals surface area contributed by atoms with Crippen LogP contribution in [0.1, 0.15) is 13.8 Å². The molecule has 3 aliphatic heterocycles. The quantitative estimate of drug-likeness (QED) is 0.113. The molecule has 19 heteroatoms. The zero-order valence-corrected chi connectivity index (χ0v) is 27.5. The maximum absolute atomic E-state index is 14.0. The Kier molecular flexibility index (Phi) is 11.0. The van der Waals surface area contributed by atoms with Crippen molar-refractivity contribution >= 4 is 11.0 Å². The molecule has 3 fully saturated rings. The van der Waals surface area contributed by atoms with E-state index in [4.69, 9.17) is 32.8 Å². The summed E-state index contributed by atoms with van der Waals surface area (Å²) in [6, 6.07) is 7.16. The fourth-order valence-electron chi connectivity index (χ4n) is 6.20. The first-order chi connectivity index (χ1) is 24.6. The van der Waals surface area contributed by atoms with Gasteiger partial charge in [-0.05, 0) is 38.1 Å². The highest BCUT2D eigenvalue weighted by atomic mass is 16.8. The van der Waals surface area contributed by atoms with Crippen LogP contribution >= 0.6 is 0 Å². The Hall–Kier alpha value is -3.67. The lowest BCUT2D eigenvalue weighted by molar-refractivity contribution is -0.360. The number of hydrogen-bond acceptors (Lipinski definition) is 19. The summed E-state index contributed by atoms with van der Waals surface area (Å²) >= 11 is 0. The van der Waals surface area contributed by atoms with E-state index in [9.17, 15) is 61.0 Å². The van der Waals surface area contributed by atoms with E-state index in [0.29, 0.717) is 0 Å². The highest BCUT2D eigenvalue weighted by Gasteiger charge is 2.52. The zero-order valence-electron chi connectivity index (χ0n) is 27.5. The van der Waals surface area contributed by atoms with Crippen LogP contribution in [-0.2, 0) is 23.7 Å². The minimum Gasteiger partial charge on any atom is -0.508 e. The molecule has 0 spiro atoms. The van der Waals surface area contributed by atoms with Gasteiger partial charge in [0.2, 0.25) is 17.5 Å². The number of rotatable bonds is 8. The van der Waals surface area contributed by atoms with E-state index in [1.165, 1.54) is 38.1 Å². The van der Waals surface area contributed by atoms with Crippen LogP contribution in [0.4, 0.5) is 0 Å². The predicted molar refractivity (Wildman–Crippen MR) is 170 cm³/mol. The van der Waals surface area contributed by atoms with Crippen LogP contribution < -0.4 is 10.2 Å². The Balaban J connectivity index is 1.38. The monoisotopic (exact) mass is 740 g/mol. The first-order valence-corrected chi connectivity index (χ1v) is 16.2. The molecule has 15 atom stereocenters. The maximum atomic E-state index is 14.0. The molecule has 0 bridgehead atoms. The summed E-state index contributed by atoms with van der Waals surface area (Å²) in [4.78, 5) is 14.0. The average Bonchev–Trinajstić information content (AvgIpc) is 3.10. The van der Waals surface area contributed by atoms with Crippen molar-refractivity contribution in [2.45, 2.75) is 106 Å². The number of phenols is 3. The normalized spacial score (nSPS) is 38.3. The van der Waals surface area contributed by atoms with E-state index in [1.807, 2.05) is 0 Å². The first kappa shape index (κ1) is 38.1. The molecule has 0 amide bonds. The fourth-order valence-corrected chi connectivity index (χ4v) is 6.20. The summed E-state index contributed by atoms with van der Waals surface area (Å²) in [7, 11) is 0. The Morgan fingerprint density at radius 3 is 1.88 bits per heavy atom. The molecule has 2 aromatic carbocycles. The Labute approximate surface area is 293 Å². The summed E-state index contributed by atoms with van der Waals surface area (Å²) in [5.41, 5.74) is -1.15. The predicted octanol–water partition coefficient (Wildman–Crippen LogP) is -2.54. The van der Waals surface area contributed by atoms with Gasteiger partial charge in [-0.15, -0.1) is 0 Å². The molecular weight excluding hydrogens is 700 g/mol. The molecule has 3 aliphatic rings. The van der Waals surface area contributed by atoms with Gasteiger partial charge in [0.25, 0.3) is 0 Å². The van der Waals surface area contributed by atoms with E-state index in [-0.39, 0.29) is 22.7 Å². The van der Waals surface area contributed by atoms with Gasteiger partial charge in [-0.25, -0.2) is 0 Å². The van der Waals surface area contributed by atoms with E-state index in [2.05, 4.69) is 0 Å². The van der Waals surface area contributed by atoms with Crippen LogP contribution in [0.25, 0.3) is 22.3 Å². The number of benzene rings is 2. The van der Waals surface area contributed by atoms with Gasteiger partial charge < -0.3 is 89.0 Å². The van der Waals surface area contributed by atoms with Gasteiger partial charge in [0.1, 0.15) is 83.2 Å². The number of ether oxygens (including phenoxy) is 6. The van der Waals surface area contributed by atoms with Crippen molar-refractivity contribution in [3.63, 3.8) is 0 Å². The van der Waals surface area contributed by atoms with E-state index in [1.54, 1.807) is 0 Å². The van der Waals surface area contributed by atoms with Crippen molar-refractivity contribution in [1.29, 1.82) is 0 Å². The van der Waals surface area contributed by atoms with Crippen LogP contribution in [-0.4, -0.2) is 155 Å². The third kappa shape index (κ3) is 7.16. The third-order valence-electron chi connectivity index (χ3n) is 9.26. The Morgan fingerprint density at radius 2 is 1.25 bits per heavy atom. The molecule has 6 rings (SSSR count). The Morgan fingerprint density at radius 1 is 0.654 bits per heavy atom. The van der Waals surface area contributed by atoms with Crippen LogP contribution in [0.5, 0.6) is 23.0 Å². The average molecular weight is 741 g/mol. The molecule has 0 radical (unpaired) electrons. The lowest BCUT2D eigenvalue weighted by Gasteiger charge is -2.46. The van der Waals surface area contributed by atoms with E-state index < -0.39 is 127 Å². The van der Waals surface area contributed by atoms with Crippen LogP contribution in [0.2, 0.25) is 0 Å². The number of phenolic OH excluding ortho intramolecular Hbond substituents is 3. The number of aliphatic hydroxyl groups is 8. The van der Waals surface area contributed by atoms with Crippen molar-refractivity contribution in [3.05, 3.63) is 46.6 Å².